The summed E-state index contributed by atoms with van der Waals surface area (Å²) >= 11 is 3.63. The molecule has 0 aliphatic rings. The molecule has 1 amide bonds. The fraction of sp³-hybridized carbons (Fsp3) is 0.273. The summed E-state index contributed by atoms with van der Waals surface area (Å²) in [6.45, 7) is 4.06. The number of rotatable bonds is 9. The summed E-state index contributed by atoms with van der Waals surface area (Å²) in [5.74, 6) is 0.996. The van der Waals surface area contributed by atoms with Crippen molar-refractivity contribution in [2.45, 2.75) is 31.8 Å². The van der Waals surface area contributed by atoms with Gasteiger partial charge in [-0.2, -0.15) is 0 Å². The van der Waals surface area contributed by atoms with E-state index in [2.05, 4.69) is 45.0 Å². The second kappa shape index (κ2) is 10.7. The van der Waals surface area contributed by atoms with E-state index in [9.17, 15) is 9.59 Å². The maximum Gasteiger partial charge on any atom is 0.216 e. The second-order valence-corrected chi connectivity index (χ2v) is 8.89. The number of halogens is 1. The molecule has 0 bridgehead atoms. The molecule has 6 nitrogen and oxygen atoms in total. The number of nitrogens with one attached hydrogen (secondary N) is 1. The summed E-state index contributed by atoms with van der Waals surface area (Å²) < 4.78 is 3.08. The predicted molar refractivity (Wildman–Crippen MR) is 127 cm³/mol. The van der Waals surface area contributed by atoms with Crippen molar-refractivity contribution in [2.24, 2.45) is 0 Å². The van der Waals surface area contributed by atoms with Crippen LogP contribution < -0.4 is 5.32 Å². The number of hydrogen-bond acceptors (Lipinski definition) is 5. The van der Waals surface area contributed by atoms with Crippen LogP contribution in [0.1, 0.15) is 35.6 Å². The van der Waals surface area contributed by atoms with E-state index in [1.54, 1.807) is 0 Å². The Labute approximate surface area is 194 Å². The molecule has 8 heteroatoms. The molecule has 0 saturated heterocycles. The van der Waals surface area contributed by atoms with Crippen LogP contribution in [-0.2, 0) is 17.6 Å². The number of carbonyl (C=O) groups is 2. The number of benzene rings is 2. The fourth-order valence-electron chi connectivity index (χ4n) is 2.90. The van der Waals surface area contributed by atoms with Gasteiger partial charge in [-0.15, -0.1) is 10.2 Å². The van der Waals surface area contributed by atoms with Gasteiger partial charge in [0.05, 0.1) is 5.75 Å². The van der Waals surface area contributed by atoms with Crippen molar-refractivity contribution in [3.8, 4) is 5.69 Å². The molecule has 30 heavy (non-hydrogen) atoms. The highest BCUT2D eigenvalue weighted by molar-refractivity contribution is 14.1. The first kappa shape index (κ1) is 22.5. The first-order valence-electron chi connectivity index (χ1n) is 9.67. The largest absolute Gasteiger partial charge is 0.356 e. The van der Waals surface area contributed by atoms with E-state index in [0.29, 0.717) is 23.7 Å². The predicted octanol–water partition coefficient (Wildman–Crippen LogP) is 4.09. The number of amides is 1. The summed E-state index contributed by atoms with van der Waals surface area (Å²) in [6, 6.07) is 15.8. The van der Waals surface area contributed by atoms with E-state index < -0.39 is 0 Å². The second-order valence-electron chi connectivity index (χ2n) is 6.71. The van der Waals surface area contributed by atoms with Crippen LogP contribution in [-0.4, -0.2) is 38.8 Å². The molecule has 1 N–H and O–H groups in total. The van der Waals surface area contributed by atoms with Gasteiger partial charge >= 0.3 is 0 Å². The van der Waals surface area contributed by atoms with Crippen molar-refractivity contribution >= 4 is 46.0 Å². The maximum absolute atomic E-state index is 12.6. The number of hydrogen-bond donors (Lipinski definition) is 1. The Morgan fingerprint density at radius 3 is 2.40 bits per heavy atom. The van der Waals surface area contributed by atoms with Crippen molar-refractivity contribution < 1.29 is 9.59 Å². The lowest BCUT2D eigenvalue weighted by Gasteiger charge is -2.10. The van der Waals surface area contributed by atoms with E-state index in [0.717, 1.165) is 21.5 Å². The summed E-state index contributed by atoms with van der Waals surface area (Å²) in [5.41, 5.74) is 2.84. The molecule has 0 fully saturated rings. The minimum Gasteiger partial charge on any atom is -0.356 e. The van der Waals surface area contributed by atoms with Crippen LogP contribution in [0.25, 0.3) is 5.69 Å². The zero-order valence-corrected chi connectivity index (χ0v) is 19.9. The summed E-state index contributed by atoms with van der Waals surface area (Å²) in [5, 5.41) is 12.1. The molecule has 2 aromatic carbocycles. The Morgan fingerprint density at radius 1 is 1.07 bits per heavy atom. The van der Waals surface area contributed by atoms with Gasteiger partial charge < -0.3 is 5.32 Å². The van der Waals surface area contributed by atoms with Crippen LogP contribution in [0.15, 0.2) is 53.7 Å². The highest BCUT2D eigenvalue weighted by atomic mass is 127. The van der Waals surface area contributed by atoms with E-state index in [1.807, 2.05) is 53.1 Å². The third kappa shape index (κ3) is 5.91. The lowest BCUT2D eigenvalue weighted by Crippen LogP contribution is -2.23. The average Bonchev–Trinajstić information content (AvgIpc) is 3.15. The molecule has 0 spiro atoms. The summed E-state index contributed by atoms with van der Waals surface area (Å²) in [7, 11) is 0. The van der Waals surface area contributed by atoms with Crippen LogP contribution in [0.3, 0.4) is 0 Å². The zero-order chi connectivity index (χ0) is 21.5. The van der Waals surface area contributed by atoms with Gasteiger partial charge in [-0.3, -0.25) is 14.2 Å². The van der Waals surface area contributed by atoms with Crippen molar-refractivity contribution in [3.05, 3.63) is 69.1 Å². The third-order valence-electron chi connectivity index (χ3n) is 4.52. The molecule has 1 aromatic heterocycles. The molecule has 3 rings (SSSR count). The molecule has 0 aliphatic heterocycles. The molecule has 3 aromatic rings. The molecule has 1 heterocycles. The van der Waals surface area contributed by atoms with Gasteiger partial charge in [-0.1, -0.05) is 43.0 Å². The number of Topliss-reactive ketones (excluding diaryl/α,β-unsaturated/α-hetero) is 1. The monoisotopic (exact) mass is 534 g/mol. The smallest absolute Gasteiger partial charge is 0.216 e. The van der Waals surface area contributed by atoms with E-state index in [4.69, 9.17) is 0 Å². The number of thioether (sulfide) groups is 1. The number of aromatic nitrogens is 3. The highest BCUT2D eigenvalue weighted by Gasteiger charge is 2.16. The third-order valence-corrected chi connectivity index (χ3v) is 6.17. The molecule has 156 valence electrons. The van der Waals surface area contributed by atoms with Gasteiger partial charge in [0.15, 0.2) is 10.9 Å². The molecular formula is C22H23IN4O2S. The molecule has 0 saturated carbocycles. The van der Waals surface area contributed by atoms with Gasteiger partial charge in [0.25, 0.3) is 0 Å². The molecule has 0 radical (unpaired) electrons. The Kier molecular flexibility index (Phi) is 8.03. The van der Waals surface area contributed by atoms with Crippen molar-refractivity contribution in [3.63, 3.8) is 0 Å². The minimum atomic E-state index is -0.0791. The van der Waals surface area contributed by atoms with Crippen LogP contribution in [0.2, 0.25) is 0 Å². The fourth-order valence-corrected chi connectivity index (χ4v) is 4.12. The first-order chi connectivity index (χ1) is 14.5. The minimum absolute atomic E-state index is 0.0552. The molecule has 0 atom stereocenters. The maximum atomic E-state index is 12.6. The van der Waals surface area contributed by atoms with Gasteiger partial charge in [0, 0.05) is 34.7 Å². The van der Waals surface area contributed by atoms with Crippen LogP contribution in [0.4, 0.5) is 0 Å². The normalized spacial score (nSPS) is 10.8. The SMILES string of the molecule is CCc1ccc(C(=O)CSc2nnc(CCNC(C)=O)n2-c2ccc(I)cc2)cc1. The van der Waals surface area contributed by atoms with E-state index in [1.165, 1.54) is 24.2 Å². The van der Waals surface area contributed by atoms with Gasteiger partial charge in [-0.25, -0.2) is 0 Å². The van der Waals surface area contributed by atoms with Gasteiger partial charge in [-0.05, 0) is 58.8 Å². The zero-order valence-electron chi connectivity index (χ0n) is 16.9. The Hall–Kier alpha value is -2.20. The topological polar surface area (TPSA) is 76.9 Å². The molecular weight excluding hydrogens is 511 g/mol. The number of aryl methyl sites for hydroxylation is 1. The summed E-state index contributed by atoms with van der Waals surface area (Å²) in [4.78, 5) is 23.8. The lowest BCUT2D eigenvalue weighted by atomic mass is 10.1. The van der Waals surface area contributed by atoms with E-state index in [-0.39, 0.29) is 17.4 Å². The number of ketones is 1. The number of nitrogens with zero attached hydrogens (tertiary/aromatic N) is 3. The summed E-state index contributed by atoms with van der Waals surface area (Å²) in [6.07, 6.45) is 1.50. The Morgan fingerprint density at radius 2 is 1.77 bits per heavy atom. The van der Waals surface area contributed by atoms with Crippen LogP contribution >= 0.6 is 34.4 Å². The first-order valence-corrected chi connectivity index (χ1v) is 11.7. The van der Waals surface area contributed by atoms with Crippen molar-refractivity contribution in [1.29, 1.82) is 0 Å². The van der Waals surface area contributed by atoms with Gasteiger partial charge in [0.1, 0.15) is 5.82 Å². The van der Waals surface area contributed by atoms with Crippen molar-refractivity contribution in [2.75, 3.05) is 12.3 Å². The van der Waals surface area contributed by atoms with Gasteiger partial charge in [0.2, 0.25) is 5.91 Å². The quantitative estimate of drug-likeness (QED) is 0.254. The molecule has 0 aliphatic carbocycles. The average molecular weight is 534 g/mol. The van der Waals surface area contributed by atoms with Crippen LogP contribution in [0, 0.1) is 3.57 Å². The van der Waals surface area contributed by atoms with Crippen molar-refractivity contribution in [1.82, 2.24) is 20.1 Å². The molecule has 0 unspecified atom stereocenters. The Bertz CT molecular complexity index is 1020. The lowest BCUT2D eigenvalue weighted by molar-refractivity contribution is -0.118. The van der Waals surface area contributed by atoms with E-state index >= 15 is 0 Å². The standard InChI is InChI=1S/C22H23IN4O2S/c1-3-16-4-6-17(7-5-16)20(29)14-30-22-26-25-21(12-13-24-15(2)28)27(22)19-10-8-18(23)9-11-19/h4-11H,3,12-14H2,1-2H3,(H,24,28). The highest BCUT2D eigenvalue weighted by Crippen LogP contribution is 2.24. The Balaban J connectivity index is 1.78. The number of carbonyl (C=O) groups excluding carboxylic acids is 2. The van der Waals surface area contributed by atoms with Crippen LogP contribution in [0.5, 0.6) is 0 Å².